The lowest BCUT2D eigenvalue weighted by Gasteiger charge is -2.06. The highest BCUT2D eigenvalue weighted by atomic mass is 79.9. The molecular formula is C27H20BrNO2. The number of fused-ring (bicyclic) bond motifs is 1. The molecule has 0 saturated heterocycles. The van der Waals surface area contributed by atoms with Crippen LogP contribution in [0.1, 0.15) is 22.3 Å². The minimum atomic E-state index is -0.326. The van der Waals surface area contributed by atoms with Crippen molar-refractivity contribution in [2.24, 2.45) is 0 Å². The number of esters is 1. The molecule has 1 aliphatic rings. The van der Waals surface area contributed by atoms with Gasteiger partial charge < -0.3 is 9.30 Å². The van der Waals surface area contributed by atoms with Crippen molar-refractivity contribution in [2.45, 2.75) is 13.5 Å². The zero-order valence-corrected chi connectivity index (χ0v) is 18.6. The highest BCUT2D eigenvalue weighted by Crippen LogP contribution is 2.30. The van der Waals surface area contributed by atoms with Crippen LogP contribution in [-0.4, -0.2) is 10.5 Å². The number of hydrogen-bond donors (Lipinski definition) is 0. The van der Waals surface area contributed by atoms with Gasteiger partial charge in [0.25, 0.3) is 0 Å². The van der Waals surface area contributed by atoms with Crippen LogP contribution in [0.3, 0.4) is 0 Å². The number of carbonyl (C=O) groups is 1. The monoisotopic (exact) mass is 469 g/mol. The predicted molar refractivity (Wildman–Crippen MR) is 128 cm³/mol. The molecule has 3 nitrogen and oxygen atoms in total. The Morgan fingerprint density at radius 3 is 2.61 bits per heavy atom. The number of aromatic nitrogens is 1. The molecule has 0 spiro atoms. The molecule has 3 aromatic carbocycles. The van der Waals surface area contributed by atoms with Crippen molar-refractivity contribution in [3.8, 4) is 0 Å². The lowest BCUT2D eigenvalue weighted by Crippen LogP contribution is -1.98. The van der Waals surface area contributed by atoms with Crippen LogP contribution in [0.4, 0.5) is 0 Å². The second-order valence-electron chi connectivity index (χ2n) is 7.72. The minimum Gasteiger partial charge on any atom is -0.422 e. The molecule has 2 heterocycles. The average Bonchev–Trinajstić information content (AvgIpc) is 3.30. The smallest absolute Gasteiger partial charge is 0.343 e. The third-order valence-corrected chi connectivity index (χ3v) is 5.95. The van der Waals surface area contributed by atoms with E-state index in [0.29, 0.717) is 11.3 Å². The van der Waals surface area contributed by atoms with Crippen molar-refractivity contribution in [3.63, 3.8) is 0 Å². The van der Waals surface area contributed by atoms with Crippen LogP contribution < -0.4 is 0 Å². The van der Waals surface area contributed by atoms with Crippen LogP contribution in [0.25, 0.3) is 22.7 Å². The summed E-state index contributed by atoms with van der Waals surface area (Å²) < 4.78 is 8.75. The first kappa shape index (κ1) is 19.6. The van der Waals surface area contributed by atoms with Crippen molar-refractivity contribution in [1.82, 2.24) is 4.57 Å². The number of rotatable bonds is 4. The molecule has 0 bridgehead atoms. The molecular weight excluding hydrogens is 450 g/mol. The molecule has 4 heteroatoms. The van der Waals surface area contributed by atoms with Crippen LogP contribution in [0.5, 0.6) is 0 Å². The van der Waals surface area contributed by atoms with E-state index in [1.807, 2.05) is 48.6 Å². The standard InChI is InChI=1S/C27H20BrNO2/c1-18-5-4-6-19(13-18)16-29-17-22(24-7-2-3-8-25(24)29)14-21-15-26(31-27(21)30)20-9-11-23(28)12-10-20/h2-15,17H,16H2,1H3/b21-14+. The van der Waals surface area contributed by atoms with Crippen molar-refractivity contribution in [1.29, 1.82) is 0 Å². The van der Waals surface area contributed by atoms with Gasteiger partial charge in [-0.1, -0.05) is 76.1 Å². The van der Waals surface area contributed by atoms with Gasteiger partial charge in [0.1, 0.15) is 5.76 Å². The molecule has 152 valence electrons. The third-order valence-electron chi connectivity index (χ3n) is 5.42. The number of ether oxygens (including phenoxy) is 1. The maximum atomic E-state index is 12.5. The SMILES string of the molecule is Cc1cccc(Cn2cc(/C=C3\C=C(c4ccc(Br)cc4)OC3=O)c3ccccc32)c1. The van der Waals surface area contributed by atoms with E-state index < -0.39 is 0 Å². The first-order chi connectivity index (χ1) is 15.1. The Morgan fingerprint density at radius 2 is 1.81 bits per heavy atom. The van der Waals surface area contributed by atoms with Gasteiger partial charge in [-0.05, 0) is 42.8 Å². The van der Waals surface area contributed by atoms with E-state index in [1.54, 1.807) is 0 Å². The topological polar surface area (TPSA) is 31.2 Å². The van der Waals surface area contributed by atoms with Gasteiger partial charge in [-0.25, -0.2) is 4.79 Å². The van der Waals surface area contributed by atoms with Crippen LogP contribution in [0.2, 0.25) is 0 Å². The van der Waals surface area contributed by atoms with Crippen LogP contribution in [0, 0.1) is 6.92 Å². The summed E-state index contributed by atoms with van der Waals surface area (Å²) in [5.74, 6) is 0.251. The fourth-order valence-electron chi connectivity index (χ4n) is 3.94. The van der Waals surface area contributed by atoms with Gasteiger partial charge in [-0.2, -0.15) is 0 Å². The predicted octanol–water partition coefficient (Wildman–Crippen LogP) is 6.74. The van der Waals surface area contributed by atoms with Crippen molar-refractivity contribution in [3.05, 3.63) is 117 Å². The molecule has 0 amide bonds. The lowest BCUT2D eigenvalue weighted by molar-refractivity contribution is -0.130. The Morgan fingerprint density at radius 1 is 1.00 bits per heavy atom. The first-order valence-corrected chi connectivity index (χ1v) is 10.9. The molecule has 0 saturated carbocycles. The van der Waals surface area contributed by atoms with Gasteiger partial charge in [0, 0.05) is 39.2 Å². The average molecular weight is 470 g/mol. The summed E-state index contributed by atoms with van der Waals surface area (Å²) in [5.41, 5.74) is 6.06. The number of aryl methyl sites for hydroxylation is 1. The van der Waals surface area contributed by atoms with Gasteiger partial charge in [-0.3, -0.25) is 0 Å². The second kappa shape index (κ2) is 8.05. The molecule has 0 N–H and O–H groups in total. The summed E-state index contributed by atoms with van der Waals surface area (Å²) >= 11 is 3.43. The molecule has 5 rings (SSSR count). The summed E-state index contributed by atoms with van der Waals surface area (Å²) in [5, 5.41) is 1.11. The van der Waals surface area contributed by atoms with Crippen LogP contribution >= 0.6 is 15.9 Å². The molecule has 31 heavy (non-hydrogen) atoms. The molecule has 0 atom stereocenters. The molecule has 0 unspecified atom stereocenters. The summed E-state index contributed by atoms with van der Waals surface area (Å²) in [6, 6.07) is 24.5. The molecule has 4 aromatic rings. The van der Waals surface area contributed by atoms with E-state index in [2.05, 4.69) is 70.0 Å². The number of para-hydroxylation sites is 1. The number of carbonyl (C=O) groups excluding carboxylic acids is 1. The number of hydrogen-bond acceptors (Lipinski definition) is 2. The van der Waals surface area contributed by atoms with Crippen LogP contribution in [-0.2, 0) is 16.1 Å². The fourth-order valence-corrected chi connectivity index (χ4v) is 4.21. The molecule has 0 fully saturated rings. The van der Waals surface area contributed by atoms with Gasteiger partial charge in [0.15, 0.2) is 0 Å². The highest BCUT2D eigenvalue weighted by molar-refractivity contribution is 9.10. The van der Waals surface area contributed by atoms with Crippen LogP contribution in [0.15, 0.2) is 95.1 Å². The van der Waals surface area contributed by atoms with Gasteiger partial charge in [0.05, 0.1) is 5.57 Å². The third kappa shape index (κ3) is 3.99. The zero-order chi connectivity index (χ0) is 21.4. The van der Waals surface area contributed by atoms with Crippen molar-refractivity contribution in [2.75, 3.05) is 0 Å². The quantitative estimate of drug-likeness (QED) is 0.244. The van der Waals surface area contributed by atoms with Crippen molar-refractivity contribution >= 4 is 44.6 Å². The van der Waals surface area contributed by atoms with Gasteiger partial charge >= 0.3 is 5.97 Å². The Balaban J connectivity index is 1.53. The van der Waals surface area contributed by atoms with E-state index >= 15 is 0 Å². The molecule has 0 radical (unpaired) electrons. The first-order valence-electron chi connectivity index (χ1n) is 10.1. The van der Waals surface area contributed by atoms with E-state index in [0.717, 1.165) is 33.0 Å². The maximum absolute atomic E-state index is 12.5. The van der Waals surface area contributed by atoms with E-state index in [9.17, 15) is 4.79 Å². The molecule has 1 aliphatic heterocycles. The summed E-state index contributed by atoms with van der Waals surface area (Å²) in [4.78, 5) is 12.5. The second-order valence-corrected chi connectivity index (χ2v) is 8.64. The number of halogens is 1. The normalized spacial score (nSPS) is 14.8. The van der Waals surface area contributed by atoms with Crippen molar-refractivity contribution < 1.29 is 9.53 Å². The fraction of sp³-hybridized carbons (Fsp3) is 0.0741. The minimum absolute atomic E-state index is 0.326. The van der Waals surface area contributed by atoms with E-state index in [1.165, 1.54) is 11.1 Å². The summed E-state index contributed by atoms with van der Waals surface area (Å²) in [6.07, 6.45) is 5.85. The number of benzene rings is 3. The van der Waals surface area contributed by atoms with E-state index in [4.69, 9.17) is 4.74 Å². The number of cyclic esters (lactones) is 1. The Hall–Kier alpha value is -3.37. The number of nitrogens with zero attached hydrogens (tertiary/aromatic N) is 1. The van der Waals surface area contributed by atoms with E-state index in [-0.39, 0.29) is 5.97 Å². The Labute approximate surface area is 189 Å². The highest BCUT2D eigenvalue weighted by Gasteiger charge is 2.22. The Kier molecular flexibility index (Phi) is 5.08. The summed E-state index contributed by atoms with van der Waals surface area (Å²) in [6.45, 7) is 2.88. The largest absolute Gasteiger partial charge is 0.422 e. The maximum Gasteiger partial charge on any atom is 0.343 e. The zero-order valence-electron chi connectivity index (χ0n) is 17.0. The van der Waals surface area contributed by atoms with Gasteiger partial charge in [-0.15, -0.1) is 0 Å². The molecule has 0 aliphatic carbocycles. The Bertz CT molecular complexity index is 1360. The summed E-state index contributed by atoms with van der Waals surface area (Å²) in [7, 11) is 0. The van der Waals surface area contributed by atoms with Gasteiger partial charge in [0.2, 0.25) is 0 Å². The molecule has 1 aromatic heterocycles. The lowest BCUT2D eigenvalue weighted by atomic mass is 10.1.